The van der Waals surface area contributed by atoms with Crippen LogP contribution in [0.2, 0.25) is 5.02 Å². The molecule has 0 spiro atoms. The number of thioether (sulfide) groups is 2. The van der Waals surface area contributed by atoms with Gasteiger partial charge in [-0.25, -0.2) is 9.59 Å². The normalized spacial score (nSPS) is 30.1. The number of fused-ring (bicyclic) bond motifs is 5. The Morgan fingerprint density at radius 1 is 0.973 bits per heavy atom. The van der Waals surface area contributed by atoms with Gasteiger partial charge in [-0.05, 0) is 50.6 Å². The zero-order valence-corrected chi connectivity index (χ0v) is 45.1. The van der Waals surface area contributed by atoms with Gasteiger partial charge < -0.3 is 48.8 Å². The molecule has 5 heterocycles. The van der Waals surface area contributed by atoms with E-state index in [9.17, 15) is 53.7 Å². The molecule has 0 aliphatic carbocycles. The number of halogens is 1. The summed E-state index contributed by atoms with van der Waals surface area (Å²) in [6, 6.07) is 2.27. The van der Waals surface area contributed by atoms with Gasteiger partial charge in [-0.1, -0.05) is 48.4 Å². The summed E-state index contributed by atoms with van der Waals surface area (Å²) in [6.45, 7) is 6.50. The number of allylic oxidation sites excluding steroid dienone is 3. The first-order valence-corrected chi connectivity index (χ1v) is 27.3. The molecule has 408 valence electrons. The fourth-order valence-electron chi connectivity index (χ4n) is 9.49. The number of hydrogen-bond donors (Lipinski definition) is 4. The number of anilines is 1. The van der Waals surface area contributed by atoms with E-state index in [-0.39, 0.29) is 98.9 Å². The number of esters is 1. The van der Waals surface area contributed by atoms with Gasteiger partial charge in [0.2, 0.25) is 35.4 Å². The van der Waals surface area contributed by atoms with Crippen molar-refractivity contribution in [3.63, 3.8) is 0 Å². The van der Waals surface area contributed by atoms with E-state index in [2.05, 4.69) is 5.32 Å². The first-order chi connectivity index (χ1) is 35.1. The van der Waals surface area contributed by atoms with E-state index in [0.29, 0.717) is 23.2 Å². The summed E-state index contributed by atoms with van der Waals surface area (Å²) in [4.78, 5) is 110. The molecule has 24 heteroatoms. The molecule has 4 bridgehead atoms. The molecule has 1 aromatic carbocycles. The van der Waals surface area contributed by atoms with Gasteiger partial charge in [-0.2, -0.15) is 11.8 Å². The van der Waals surface area contributed by atoms with E-state index in [1.807, 2.05) is 6.92 Å². The van der Waals surface area contributed by atoms with Gasteiger partial charge in [-0.15, -0.1) is 11.8 Å². The van der Waals surface area contributed by atoms with Crippen molar-refractivity contribution < 1.29 is 77.4 Å². The van der Waals surface area contributed by atoms with Crippen LogP contribution in [0.15, 0.2) is 35.9 Å². The summed E-state index contributed by atoms with van der Waals surface area (Å²) in [5.74, 6) is -4.51. The molecule has 5 aliphatic rings. The zero-order valence-electron chi connectivity index (χ0n) is 42.7. The van der Waals surface area contributed by atoms with Crippen LogP contribution in [-0.2, 0) is 70.3 Å². The van der Waals surface area contributed by atoms with E-state index < -0.39 is 102 Å². The minimum absolute atomic E-state index is 0.0242. The van der Waals surface area contributed by atoms with Gasteiger partial charge in [0.05, 0.1) is 86.5 Å². The van der Waals surface area contributed by atoms with Gasteiger partial charge in [0, 0.05) is 57.4 Å². The lowest BCUT2D eigenvalue weighted by molar-refractivity contribution is -0.162. The van der Waals surface area contributed by atoms with E-state index in [1.165, 1.54) is 47.5 Å². The van der Waals surface area contributed by atoms with Crippen molar-refractivity contribution >= 4 is 88.3 Å². The largest absolute Gasteiger partial charge is 0.457 e. The van der Waals surface area contributed by atoms with Crippen LogP contribution in [0.3, 0.4) is 0 Å². The molecule has 0 saturated carbocycles. The lowest BCUT2D eigenvalue weighted by atomic mass is 9.81. The van der Waals surface area contributed by atoms with Crippen LogP contribution in [-0.4, -0.2) is 196 Å². The minimum Gasteiger partial charge on any atom is -0.457 e. The Morgan fingerprint density at radius 3 is 2.22 bits per heavy atom. The number of nitrogens with zero attached hydrogens (tertiary/aromatic N) is 4. The molecule has 6 rings (SSSR count). The fraction of sp³-hybridized carbons (Fsp3) is 0.640. The van der Waals surface area contributed by atoms with Crippen molar-refractivity contribution in [3.8, 4) is 0 Å². The highest BCUT2D eigenvalue weighted by molar-refractivity contribution is 8.00. The molecule has 5 aliphatic heterocycles. The Bertz CT molecular complexity index is 2380. The number of aliphatic hydroxyl groups is 3. The summed E-state index contributed by atoms with van der Waals surface area (Å²) < 4.78 is 29.1. The number of amides is 7. The van der Waals surface area contributed by atoms with Crippen LogP contribution < -0.4 is 10.2 Å². The summed E-state index contributed by atoms with van der Waals surface area (Å²) >= 11 is 9.25. The highest BCUT2D eigenvalue weighted by atomic mass is 35.5. The Balaban J connectivity index is 1.06. The maximum absolute atomic E-state index is 14.3. The number of rotatable bonds is 19. The third-order valence-corrected chi connectivity index (χ3v) is 16.9. The highest BCUT2D eigenvalue weighted by Gasteiger charge is 2.64. The molecule has 4 N–H and O–H groups in total. The number of likely N-dealkylation sites (N-methyl/N-ethyl adjacent to an activating group) is 1. The van der Waals surface area contributed by atoms with E-state index in [1.54, 1.807) is 50.5 Å². The van der Waals surface area contributed by atoms with Crippen molar-refractivity contribution in [3.05, 3.63) is 52.1 Å². The summed E-state index contributed by atoms with van der Waals surface area (Å²) in [5.41, 5.74) is -1.06. The van der Waals surface area contributed by atoms with Crippen molar-refractivity contribution in [1.82, 2.24) is 20.0 Å². The van der Waals surface area contributed by atoms with Crippen molar-refractivity contribution in [1.29, 1.82) is 0 Å². The van der Waals surface area contributed by atoms with Gasteiger partial charge in [0.25, 0.3) is 0 Å². The van der Waals surface area contributed by atoms with Crippen LogP contribution in [0.25, 0.3) is 0 Å². The van der Waals surface area contributed by atoms with E-state index in [4.69, 9.17) is 35.3 Å². The van der Waals surface area contributed by atoms with Gasteiger partial charge in [0.15, 0.2) is 5.72 Å². The molecule has 10 atom stereocenters. The number of nitrogens with one attached hydrogen (secondary N) is 1. The minimum atomic E-state index is -1.92. The number of imide groups is 2. The smallest absolute Gasteiger partial charge is 0.409 e. The lowest BCUT2D eigenvalue weighted by Gasteiger charge is -2.42. The number of benzene rings is 1. The number of ether oxygens (including phenoxy) is 5. The molecule has 0 radical (unpaired) electrons. The third-order valence-electron chi connectivity index (χ3n) is 14.3. The topological polar surface area (TPSA) is 272 Å². The van der Waals surface area contributed by atoms with E-state index >= 15 is 0 Å². The molecular formula is C50H68ClN5O16S2. The average Bonchev–Trinajstić information content (AvgIpc) is 3.88. The quantitative estimate of drug-likeness (QED) is 0.0670. The Kier molecular flexibility index (Phi) is 20.2. The number of carbonyl (C=O) groups excluding carboxylic acids is 8. The Hall–Kier alpha value is -4.59. The van der Waals surface area contributed by atoms with Gasteiger partial charge in [-0.3, -0.25) is 43.9 Å². The Morgan fingerprint density at radius 2 is 1.61 bits per heavy atom. The highest BCUT2D eigenvalue weighted by Crippen LogP contribution is 2.49. The van der Waals surface area contributed by atoms with E-state index in [0.717, 1.165) is 22.2 Å². The predicted molar refractivity (Wildman–Crippen MR) is 273 cm³/mol. The second-order valence-electron chi connectivity index (χ2n) is 19.4. The average molecular weight is 1090 g/mol. The maximum Gasteiger partial charge on any atom is 0.409 e. The molecule has 0 aromatic heterocycles. The lowest BCUT2D eigenvalue weighted by Crippen LogP contribution is -2.62. The molecule has 7 amide bonds. The maximum atomic E-state index is 14.3. The number of carbonyl (C=O) groups is 8. The van der Waals surface area contributed by atoms with Gasteiger partial charge in [0.1, 0.15) is 23.9 Å². The molecule has 4 fully saturated rings. The summed E-state index contributed by atoms with van der Waals surface area (Å²) in [7, 11) is 2.93. The van der Waals surface area contributed by atoms with Crippen LogP contribution in [0, 0.1) is 11.8 Å². The molecule has 4 saturated heterocycles. The van der Waals surface area contributed by atoms with Crippen molar-refractivity contribution in [2.75, 3.05) is 77.1 Å². The molecule has 1 aromatic rings. The predicted octanol–water partition coefficient (Wildman–Crippen LogP) is 2.37. The first kappa shape index (κ1) is 58.7. The summed E-state index contributed by atoms with van der Waals surface area (Å²) in [5, 5.41) is 34.0. The number of aliphatic hydroxyl groups excluding tert-OH is 2. The SMILES string of the molecule is CSC1CC(=O)N(CCOCCOCCN2C(=O)CC(SCCC(=O)N(C)[C@@H](C)C(=O)O[C@H]3CC(=O)N(C)c4cc(cc(CO)c4Cl)C/C(C)=C/C=C/[C@@H](CO)[C@@]4(O)C[C@H](OC(=O)N4)[C@@H](C)[C@@H]4O[C@@]34C)C2=O)C1=O. The van der Waals surface area contributed by atoms with Crippen LogP contribution in [0.1, 0.15) is 70.9 Å². The number of alkyl carbamates (subject to hydrolysis) is 1. The van der Waals surface area contributed by atoms with Gasteiger partial charge >= 0.3 is 12.1 Å². The standard InChI is InChI=1S/C50H68ClN5O16S2/c1-28-9-8-10-33(27-58)50(67)25-35(70-48(66)52-50)29(2)44-49(4,72-44)38(24-40(60)54(6)34-21-31(19-28)20-32(26-57)43(34)51)71-47(65)30(3)53(5)39(59)11-18-74-37-23-42(62)56(46(37)64)13-15-69-17-16-68-14-12-55-41(61)22-36(73-7)45(55)63/h8-10,20-21,29-30,33,35-38,44,57-58,67H,11-19,22-27H2,1-7H3,(H,52,66)/b10-8+,28-9+/t29-,30+,33+,35+,36?,37?,38+,44+,49+,50+/m1/s1. The molecule has 21 nitrogen and oxygen atoms in total. The number of hydrogen-bond acceptors (Lipinski definition) is 18. The number of epoxide rings is 1. The third kappa shape index (κ3) is 13.7. The van der Waals surface area contributed by atoms with Crippen molar-refractivity contribution in [2.45, 2.75) is 119 Å². The summed E-state index contributed by atoms with van der Waals surface area (Å²) in [6.07, 6.45) is 2.71. The second kappa shape index (κ2) is 25.5. The van der Waals surface area contributed by atoms with Crippen LogP contribution >= 0.6 is 35.1 Å². The zero-order chi connectivity index (χ0) is 54.2. The van der Waals surface area contributed by atoms with Crippen LogP contribution in [0.4, 0.5) is 10.5 Å². The first-order valence-electron chi connectivity index (χ1n) is 24.5. The number of likely N-dealkylation sites (tertiary alicyclic amines) is 2. The fourth-order valence-corrected chi connectivity index (χ4v) is 11.5. The second-order valence-corrected chi connectivity index (χ2v) is 22.1. The molecule has 74 heavy (non-hydrogen) atoms. The molecular weight excluding hydrogens is 1030 g/mol. The molecule has 2 unspecified atom stereocenters. The van der Waals surface area contributed by atoms with Crippen molar-refractivity contribution in [2.24, 2.45) is 11.8 Å². The van der Waals surface area contributed by atoms with Crippen LogP contribution in [0.5, 0.6) is 0 Å². The monoisotopic (exact) mass is 1090 g/mol. The Labute approximate surface area is 443 Å².